The van der Waals surface area contributed by atoms with Crippen molar-refractivity contribution in [1.29, 1.82) is 0 Å². The first-order chi connectivity index (χ1) is 13.2. The normalized spacial score (nSPS) is 12.4. The molecule has 0 bridgehead atoms. The van der Waals surface area contributed by atoms with Gasteiger partial charge in [0.15, 0.2) is 11.6 Å². The van der Waals surface area contributed by atoms with Crippen LogP contribution in [0.15, 0.2) is 53.4 Å². The third-order valence-electron chi connectivity index (χ3n) is 4.25. The van der Waals surface area contributed by atoms with Crippen LogP contribution in [0.25, 0.3) is 0 Å². The van der Waals surface area contributed by atoms with Gasteiger partial charge in [-0.25, -0.2) is 17.5 Å². The average molecular weight is 408 g/mol. The van der Waals surface area contributed by atoms with E-state index in [1.165, 1.54) is 41.3 Å². The maximum atomic E-state index is 13.5. The maximum Gasteiger partial charge on any atom is 0.253 e. The van der Waals surface area contributed by atoms with Crippen molar-refractivity contribution in [3.05, 3.63) is 59.9 Å². The van der Waals surface area contributed by atoms with Crippen LogP contribution >= 0.6 is 0 Å². The van der Waals surface area contributed by atoms with Gasteiger partial charge in [0, 0.05) is 18.7 Å². The van der Waals surface area contributed by atoms with Crippen molar-refractivity contribution in [1.82, 2.24) is 9.62 Å². The quantitative estimate of drug-likeness (QED) is 0.692. The lowest BCUT2D eigenvalue weighted by Crippen LogP contribution is -2.32. The molecule has 0 aliphatic carbocycles. The molecule has 0 saturated heterocycles. The van der Waals surface area contributed by atoms with Crippen molar-refractivity contribution in [3.8, 4) is 5.75 Å². The maximum absolute atomic E-state index is 13.5. The number of carbonyl (C=O) groups is 1. The Hall–Kier alpha value is -2.45. The standard InChI is InChI=1S/C20H25FN2O4S/c1-4-15(2)22-28(25,26)17-11-9-16(10-12-17)20(24)23(3)13-14-27-19-8-6-5-7-18(19)21/h5-12,15,22H,4,13-14H2,1-3H3. The van der Waals surface area contributed by atoms with Gasteiger partial charge in [0.2, 0.25) is 10.0 Å². The molecule has 6 nitrogen and oxygen atoms in total. The molecule has 1 amide bonds. The van der Waals surface area contributed by atoms with E-state index in [1.807, 2.05) is 6.92 Å². The predicted octanol–water partition coefficient (Wildman–Crippen LogP) is 3.05. The molecule has 2 rings (SSSR count). The van der Waals surface area contributed by atoms with Crippen molar-refractivity contribution in [2.24, 2.45) is 0 Å². The van der Waals surface area contributed by atoms with Crippen LogP contribution < -0.4 is 9.46 Å². The van der Waals surface area contributed by atoms with Crippen molar-refractivity contribution < 1.29 is 22.3 Å². The smallest absolute Gasteiger partial charge is 0.253 e. The second kappa shape index (κ2) is 9.66. The molecular formula is C20H25FN2O4S. The Labute approximate surface area is 165 Å². The Morgan fingerprint density at radius 1 is 1.18 bits per heavy atom. The van der Waals surface area contributed by atoms with E-state index in [4.69, 9.17) is 4.74 Å². The largest absolute Gasteiger partial charge is 0.489 e. The first-order valence-electron chi connectivity index (χ1n) is 8.99. The highest BCUT2D eigenvalue weighted by molar-refractivity contribution is 7.89. The third-order valence-corrected chi connectivity index (χ3v) is 5.85. The monoisotopic (exact) mass is 408 g/mol. The Kier molecular flexibility index (Phi) is 7.53. The molecule has 1 N–H and O–H groups in total. The zero-order valence-electron chi connectivity index (χ0n) is 16.2. The lowest BCUT2D eigenvalue weighted by Gasteiger charge is -2.18. The summed E-state index contributed by atoms with van der Waals surface area (Å²) in [7, 11) is -2.01. The van der Waals surface area contributed by atoms with Gasteiger partial charge in [0.25, 0.3) is 5.91 Å². The van der Waals surface area contributed by atoms with Crippen molar-refractivity contribution in [2.75, 3.05) is 20.2 Å². The van der Waals surface area contributed by atoms with Crippen LogP contribution in [-0.2, 0) is 10.0 Å². The topological polar surface area (TPSA) is 75.7 Å². The van der Waals surface area contributed by atoms with Crippen LogP contribution in [0.2, 0.25) is 0 Å². The summed E-state index contributed by atoms with van der Waals surface area (Å²) in [6.07, 6.45) is 0.676. The highest BCUT2D eigenvalue weighted by Gasteiger charge is 2.18. The molecule has 2 aromatic rings. The lowest BCUT2D eigenvalue weighted by molar-refractivity contribution is 0.0773. The molecular weight excluding hydrogens is 383 g/mol. The Balaban J connectivity index is 1.95. The fourth-order valence-electron chi connectivity index (χ4n) is 2.37. The Morgan fingerprint density at radius 2 is 1.82 bits per heavy atom. The number of ether oxygens (including phenoxy) is 1. The van der Waals surface area contributed by atoms with E-state index in [-0.39, 0.29) is 35.7 Å². The van der Waals surface area contributed by atoms with Gasteiger partial charge in [-0.1, -0.05) is 19.1 Å². The molecule has 8 heteroatoms. The lowest BCUT2D eigenvalue weighted by atomic mass is 10.2. The molecule has 0 radical (unpaired) electrons. The Morgan fingerprint density at radius 3 is 2.43 bits per heavy atom. The van der Waals surface area contributed by atoms with Crippen molar-refractivity contribution >= 4 is 15.9 Å². The van der Waals surface area contributed by atoms with E-state index < -0.39 is 15.8 Å². The van der Waals surface area contributed by atoms with E-state index in [2.05, 4.69) is 4.72 Å². The summed E-state index contributed by atoms with van der Waals surface area (Å²) in [5.74, 6) is -0.609. The number of para-hydroxylation sites is 1. The number of sulfonamides is 1. The molecule has 1 atom stereocenters. The number of hydrogen-bond acceptors (Lipinski definition) is 4. The SMILES string of the molecule is CCC(C)NS(=O)(=O)c1ccc(C(=O)N(C)CCOc2ccccc2F)cc1. The van der Waals surface area contributed by atoms with Crippen LogP contribution in [0.4, 0.5) is 4.39 Å². The molecule has 0 spiro atoms. The summed E-state index contributed by atoms with van der Waals surface area (Å²) in [6, 6.07) is 11.6. The number of carbonyl (C=O) groups excluding carboxylic acids is 1. The van der Waals surface area contributed by atoms with Gasteiger partial charge in [0.05, 0.1) is 11.4 Å². The second-order valence-electron chi connectivity index (χ2n) is 6.46. The zero-order valence-corrected chi connectivity index (χ0v) is 17.0. The third kappa shape index (κ3) is 5.77. The zero-order chi connectivity index (χ0) is 20.7. The average Bonchev–Trinajstić information content (AvgIpc) is 2.68. The molecule has 2 aromatic carbocycles. The summed E-state index contributed by atoms with van der Waals surface area (Å²) in [4.78, 5) is 14.0. The summed E-state index contributed by atoms with van der Waals surface area (Å²) < 4.78 is 46.0. The van der Waals surface area contributed by atoms with Gasteiger partial charge in [-0.2, -0.15) is 0 Å². The van der Waals surface area contributed by atoms with Crippen LogP contribution in [0.1, 0.15) is 30.6 Å². The van der Waals surface area contributed by atoms with Gasteiger partial charge < -0.3 is 9.64 Å². The number of nitrogens with zero attached hydrogens (tertiary/aromatic N) is 1. The van der Waals surface area contributed by atoms with E-state index >= 15 is 0 Å². The van der Waals surface area contributed by atoms with Gasteiger partial charge in [-0.3, -0.25) is 4.79 Å². The number of hydrogen-bond donors (Lipinski definition) is 1. The molecule has 0 heterocycles. The number of amides is 1. The van der Waals surface area contributed by atoms with E-state index in [0.717, 1.165) is 0 Å². The molecule has 28 heavy (non-hydrogen) atoms. The summed E-state index contributed by atoms with van der Waals surface area (Å²) in [6.45, 7) is 4.06. The van der Waals surface area contributed by atoms with Gasteiger partial charge >= 0.3 is 0 Å². The minimum atomic E-state index is -3.61. The molecule has 1 unspecified atom stereocenters. The predicted molar refractivity (Wildman–Crippen MR) is 105 cm³/mol. The number of nitrogens with one attached hydrogen (secondary N) is 1. The van der Waals surface area contributed by atoms with Crippen molar-refractivity contribution in [2.45, 2.75) is 31.2 Å². The van der Waals surface area contributed by atoms with Gasteiger partial charge in [-0.15, -0.1) is 0 Å². The van der Waals surface area contributed by atoms with E-state index in [0.29, 0.717) is 12.0 Å². The van der Waals surface area contributed by atoms with Crippen LogP contribution in [0.3, 0.4) is 0 Å². The molecule has 0 fully saturated rings. The van der Waals surface area contributed by atoms with E-state index in [1.54, 1.807) is 26.1 Å². The molecule has 0 aliphatic heterocycles. The van der Waals surface area contributed by atoms with Gasteiger partial charge in [0.1, 0.15) is 6.61 Å². The number of halogens is 1. The number of rotatable bonds is 9. The van der Waals surface area contributed by atoms with Crippen LogP contribution in [0, 0.1) is 5.82 Å². The first kappa shape index (κ1) is 21.8. The fourth-order valence-corrected chi connectivity index (χ4v) is 3.70. The summed E-state index contributed by atoms with van der Waals surface area (Å²) in [5, 5.41) is 0. The highest BCUT2D eigenvalue weighted by Crippen LogP contribution is 2.16. The number of likely N-dealkylation sites (N-methyl/N-ethyl adjacent to an activating group) is 1. The van der Waals surface area contributed by atoms with Crippen LogP contribution in [-0.4, -0.2) is 45.5 Å². The molecule has 0 aromatic heterocycles. The summed E-state index contributed by atoms with van der Waals surface area (Å²) in [5.41, 5.74) is 0.357. The second-order valence-corrected chi connectivity index (χ2v) is 8.17. The molecule has 0 saturated carbocycles. The minimum absolute atomic E-state index is 0.106. The first-order valence-corrected chi connectivity index (χ1v) is 10.5. The van der Waals surface area contributed by atoms with E-state index in [9.17, 15) is 17.6 Å². The minimum Gasteiger partial charge on any atom is -0.489 e. The number of benzene rings is 2. The molecule has 152 valence electrons. The summed E-state index contributed by atoms with van der Waals surface area (Å²) >= 11 is 0. The molecule has 0 aliphatic rings. The van der Waals surface area contributed by atoms with Crippen molar-refractivity contribution in [3.63, 3.8) is 0 Å². The fraction of sp³-hybridized carbons (Fsp3) is 0.350. The highest BCUT2D eigenvalue weighted by atomic mass is 32.2. The van der Waals surface area contributed by atoms with Crippen LogP contribution in [0.5, 0.6) is 5.75 Å². The Bertz CT molecular complexity index is 901. The van der Waals surface area contributed by atoms with Gasteiger partial charge in [-0.05, 0) is 49.7 Å².